The van der Waals surface area contributed by atoms with Crippen molar-refractivity contribution in [2.75, 3.05) is 20.8 Å². The number of fused-ring (bicyclic) bond motifs is 1. The van der Waals surface area contributed by atoms with Gasteiger partial charge in [0.15, 0.2) is 11.5 Å². The summed E-state index contributed by atoms with van der Waals surface area (Å²) in [7, 11) is 3.08. The molecule has 2 aromatic carbocycles. The van der Waals surface area contributed by atoms with Crippen molar-refractivity contribution in [1.82, 2.24) is 5.32 Å². The maximum atomic E-state index is 12.4. The fraction of sp³-hybridized carbons (Fsp3) is 0.200. The van der Waals surface area contributed by atoms with Crippen molar-refractivity contribution in [2.45, 2.75) is 6.42 Å². The molecule has 0 atom stereocenters. The van der Waals surface area contributed by atoms with E-state index in [2.05, 4.69) is 5.32 Å². The highest BCUT2D eigenvalue weighted by atomic mass is 16.6. The molecule has 9 nitrogen and oxygen atoms in total. The third-order valence-electron chi connectivity index (χ3n) is 4.32. The van der Waals surface area contributed by atoms with Crippen LogP contribution >= 0.6 is 0 Å². The molecule has 1 N–H and O–H groups in total. The van der Waals surface area contributed by atoms with Gasteiger partial charge in [-0.15, -0.1) is 0 Å². The zero-order chi connectivity index (χ0) is 21.0. The van der Waals surface area contributed by atoms with Crippen LogP contribution in [0, 0.1) is 10.1 Å². The fourth-order valence-electron chi connectivity index (χ4n) is 2.83. The minimum Gasteiger partial charge on any atom is -0.493 e. The Morgan fingerprint density at radius 1 is 1.10 bits per heavy atom. The van der Waals surface area contributed by atoms with Crippen molar-refractivity contribution in [2.24, 2.45) is 0 Å². The fourth-order valence-corrected chi connectivity index (χ4v) is 2.83. The first kappa shape index (κ1) is 19.9. The molecule has 0 unspecified atom stereocenters. The van der Waals surface area contributed by atoms with Crippen molar-refractivity contribution >= 4 is 22.6 Å². The number of nitrogens with zero attached hydrogens (tertiary/aromatic N) is 1. The number of carbonyl (C=O) groups is 1. The van der Waals surface area contributed by atoms with Crippen LogP contribution in [0.4, 0.5) is 5.69 Å². The van der Waals surface area contributed by atoms with Gasteiger partial charge in [-0.3, -0.25) is 14.9 Å². The van der Waals surface area contributed by atoms with Gasteiger partial charge in [-0.05, 0) is 36.2 Å². The number of benzene rings is 2. The molecule has 0 radical (unpaired) electrons. The SMILES string of the molecule is COc1ccc(CCNC(=O)c2cc3cc([N+](=O)[O-])ccc3oc2=O)cc1OC. The van der Waals surface area contributed by atoms with Gasteiger partial charge in [0.25, 0.3) is 11.6 Å². The summed E-state index contributed by atoms with van der Waals surface area (Å²) in [6, 6.07) is 10.5. The lowest BCUT2D eigenvalue weighted by Gasteiger charge is -2.10. The van der Waals surface area contributed by atoms with Crippen LogP contribution < -0.4 is 20.4 Å². The van der Waals surface area contributed by atoms with E-state index in [4.69, 9.17) is 13.9 Å². The van der Waals surface area contributed by atoms with E-state index in [0.717, 1.165) is 5.56 Å². The van der Waals surface area contributed by atoms with Crippen LogP contribution in [0.2, 0.25) is 0 Å². The Kier molecular flexibility index (Phi) is 5.77. The van der Waals surface area contributed by atoms with E-state index in [1.165, 1.54) is 31.4 Å². The number of rotatable bonds is 7. The highest BCUT2D eigenvalue weighted by Gasteiger charge is 2.15. The Bertz CT molecular complexity index is 1140. The average molecular weight is 398 g/mol. The second-order valence-electron chi connectivity index (χ2n) is 6.12. The second kappa shape index (κ2) is 8.42. The highest BCUT2D eigenvalue weighted by Crippen LogP contribution is 2.27. The van der Waals surface area contributed by atoms with Crippen molar-refractivity contribution in [3.8, 4) is 11.5 Å². The number of amides is 1. The zero-order valence-corrected chi connectivity index (χ0v) is 15.8. The lowest BCUT2D eigenvalue weighted by atomic mass is 10.1. The molecule has 1 amide bonds. The molecular formula is C20H18N2O7. The smallest absolute Gasteiger partial charge is 0.349 e. The van der Waals surface area contributed by atoms with Crippen LogP contribution in [0.3, 0.4) is 0 Å². The summed E-state index contributed by atoms with van der Waals surface area (Å²) in [5, 5.41) is 13.9. The van der Waals surface area contributed by atoms with E-state index < -0.39 is 16.5 Å². The molecule has 9 heteroatoms. The van der Waals surface area contributed by atoms with E-state index in [0.29, 0.717) is 23.3 Å². The summed E-state index contributed by atoms with van der Waals surface area (Å²) in [4.78, 5) is 34.8. The van der Waals surface area contributed by atoms with Gasteiger partial charge in [0.2, 0.25) is 0 Å². The van der Waals surface area contributed by atoms with Gasteiger partial charge in [-0.25, -0.2) is 4.79 Å². The lowest BCUT2D eigenvalue weighted by molar-refractivity contribution is -0.384. The van der Waals surface area contributed by atoms with E-state index in [-0.39, 0.29) is 23.4 Å². The maximum Gasteiger partial charge on any atom is 0.349 e. The molecule has 0 aliphatic heterocycles. The van der Waals surface area contributed by atoms with Crippen molar-refractivity contribution in [1.29, 1.82) is 0 Å². The molecule has 1 heterocycles. The molecule has 0 saturated carbocycles. The summed E-state index contributed by atoms with van der Waals surface area (Å²) in [6.07, 6.45) is 0.497. The molecule has 150 valence electrons. The van der Waals surface area contributed by atoms with Gasteiger partial charge in [-0.1, -0.05) is 6.07 Å². The van der Waals surface area contributed by atoms with Gasteiger partial charge >= 0.3 is 5.63 Å². The van der Waals surface area contributed by atoms with Crippen molar-refractivity contribution < 1.29 is 23.6 Å². The molecule has 1 aromatic heterocycles. The molecule has 0 aliphatic carbocycles. The molecule has 3 rings (SSSR count). The first-order valence-electron chi connectivity index (χ1n) is 8.64. The number of hydrogen-bond donors (Lipinski definition) is 1. The van der Waals surface area contributed by atoms with Gasteiger partial charge in [0.1, 0.15) is 11.1 Å². The van der Waals surface area contributed by atoms with Crippen molar-refractivity contribution in [3.05, 3.63) is 74.1 Å². The Hall–Kier alpha value is -3.88. The summed E-state index contributed by atoms with van der Waals surface area (Å²) in [5.74, 6) is 0.559. The number of nitro benzene ring substituents is 1. The minimum atomic E-state index is -0.810. The van der Waals surface area contributed by atoms with Crippen LogP contribution in [0.1, 0.15) is 15.9 Å². The zero-order valence-electron chi connectivity index (χ0n) is 15.8. The van der Waals surface area contributed by atoms with Crippen LogP contribution in [0.25, 0.3) is 11.0 Å². The largest absolute Gasteiger partial charge is 0.493 e. The quantitative estimate of drug-likeness (QED) is 0.369. The van der Waals surface area contributed by atoms with Crippen LogP contribution in [-0.2, 0) is 6.42 Å². The van der Waals surface area contributed by atoms with E-state index in [1.54, 1.807) is 19.2 Å². The number of nitrogens with one attached hydrogen (secondary N) is 1. The predicted octanol–water partition coefficient (Wildman–Crippen LogP) is 2.69. The van der Waals surface area contributed by atoms with Crippen LogP contribution in [0.15, 0.2) is 51.7 Å². The van der Waals surface area contributed by atoms with Gasteiger partial charge in [0, 0.05) is 24.1 Å². The minimum absolute atomic E-state index is 0.161. The number of methoxy groups -OCH3 is 2. The molecule has 0 aliphatic rings. The summed E-state index contributed by atoms with van der Waals surface area (Å²) in [5.41, 5.74) is -0.113. The summed E-state index contributed by atoms with van der Waals surface area (Å²) < 4.78 is 15.5. The van der Waals surface area contributed by atoms with Crippen molar-refractivity contribution in [3.63, 3.8) is 0 Å². The molecule has 0 fully saturated rings. The Morgan fingerprint density at radius 2 is 1.86 bits per heavy atom. The third-order valence-corrected chi connectivity index (χ3v) is 4.32. The second-order valence-corrected chi connectivity index (χ2v) is 6.12. The van der Waals surface area contributed by atoms with E-state index in [1.807, 2.05) is 6.07 Å². The van der Waals surface area contributed by atoms with Gasteiger partial charge in [0.05, 0.1) is 19.1 Å². The molecular weight excluding hydrogens is 380 g/mol. The highest BCUT2D eigenvalue weighted by molar-refractivity contribution is 5.96. The van der Waals surface area contributed by atoms with E-state index >= 15 is 0 Å². The lowest BCUT2D eigenvalue weighted by Crippen LogP contribution is -2.29. The summed E-state index contributed by atoms with van der Waals surface area (Å²) >= 11 is 0. The monoisotopic (exact) mass is 398 g/mol. The third kappa shape index (κ3) is 4.34. The Labute approximate surface area is 165 Å². The van der Waals surface area contributed by atoms with E-state index in [9.17, 15) is 19.7 Å². The topological polar surface area (TPSA) is 121 Å². The number of carbonyl (C=O) groups excluding carboxylic acids is 1. The Balaban J connectivity index is 1.73. The molecule has 29 heavy (non-hydrogen) atoms. The van der Waals surface area contributed by atoms with Gasteiger partial charge in [-0.2, -0.15) is 0 Å². The van der Waals surface area contributed by atoms with Gasteiger partial charge < -0.3 is 19.2 Å². The first-order chi connectivity index (χ1) is 13.9. The standard InChI is InChI=1S/C20H18N2O7/c1-27-17-5-3-12(9-18(17)28-2)7-8-21-19(23)15-11-13-10-14(22(25)26)4-6-16(13)29-20(15)24/h3-6,9-11H,7-8H2,1-2H3,(H,21,23). The molecule has 0 bridgehead atoms. The summed E-state index contributed by atoms with van der Waals surface area (Å²) in [6.45, 7) is 0.265. The number of nitro groups is 1. The number of ether oxygens (including phenoxy) is 2. The normalized spacial score (nSPS) is 10.6. The Morgan fingerprint density at radius 3 is 2.55 bits per heavy atom. The van der Waals surface area contributed by atoms with Crippen LogP contribution in [-0.4, -0.2) is 31.6 Å². The molecule has 3 aromatic rings. The molecule has 0 spiro atoms. The molecule has 0 saturated heterocycles. The maximum absolute atomic E-state index is 12.4. The average Bonchev–Trinajstić information content (AvgIpc) is 2.72. The first-order valence-corrected chi connectivity index (χ1v) is 8.64. The van der Waals surface area contributed by atoms with Crippen LogP contribution in [0.5, 0.6) is 11.5 Å². The number of hydrogen-bond acceptors (Lipinski definition) is 7. The predicted molar refractivity (Wildman–Crippen MR) is 105 cm³/mol. The number of non-ortho nitro benzene ring substituents is 1.